The smallest absolute Gasteiger partial charge is 0.0502 e. The Hall–Kier alpha value is -1.12. The summed E-state index contributed by atoms with van der Waals surface area (Å²) >= 11 is 0. The lowest BCUT2D eigenvalue weighted by molar-refractivity contribution is 0.0309. The minimum atomic E-state index is 0.0365. The molecule has 1 atom stereocenters. The maximum atomic E-state index is 9.68. The molecule has 1 heterocycles. The van der Waals surface area contributed by atoms with Crippen molar-refractivity contribution in [1.29, 1.82) is 0 Å². The van der Waals surface area contributed by atoms with Crippen molar-refractivity contribution in [2.24, 2.45) is 5.41 Å². The molecular weight excluding hydrogens is 222 g/mol. The first-order valence-corrected chi connectivity index (χ1v) is 6.76. The van der Waals surface area contributed by atoms with Gasteiger partial charge >= 0.3 is 0 Å². The quantitative estimate of drug-likeness (QED) is 0.806. The molecule has 0 aromatic heterocycles. The molecule has 2 nitrogen and oxygen atoms in total. The molecule has 18 heavy (non-hydrogen) atoms. The summed E-state index contributed by atoms with van der Waals surface area (Å²) in [6, 6.07) is 10.6. The van der Waals surface area contributed by atoms with Gasteiger partial charge in [0.25, 0.3) is 0 Å². The van der Waals surface area contributed by atoms with E-state index in [-0.39, 0.29) is 12.0 Å². The summed E-state index contributed by atoms with van der Waals surface area (Å²) in [5.41, 5.74) is 1.39. The number of hydrogen-bond acceptors (Lipinski definition) is 2. The van der Waals surface area contributed by atoms with Gasteiger partial charge in [0.1, 0.15) is 0 Å². The number of aliphatic hydroxyl groups excluding tert-OH is 1. The highest BCUT2D eigenvalue weighted by Crippen LogP contribution is 2.33. The Kier molecular flexibility index (Phi) is 4.56. The maximum absolute atomic E-state index is 9.68. The molecule has 0 aliphatic carbocycles. The topological polar surface area (TPSA) is 23.5 Å². The lowest BCUT2D eigenvalue weighted by Gasteiger charge is -2.41. The molecule has 0 spiro atoms. The van der Waals surface area contributed by atoms with Gasteiger partial charge in [0.2, 0.25) is 0 Å². The Morgan fingerprint density at radius 3 is 2.78 bits per heavy atom. The van der Waals surface area contributed by atoms with Crippen LogP contribution in [0.2, 0.25) is 0 Å². The van der Waals surface area contributed by atoms with Crippen LogP contribution in [0.25, 0.3) is 0 Å². The summed E-state index contributed by atoms with van der Waals surface area (Å²) in [6.45, 7) is 7.19. The van der Waals surface area contributed by atoms with Crippen molar-refractivity contribution < 1.29 is 5.11 Å². The number of benzene rings is 1. The Morgan fingerprint density at radius 2 is 2.11 bits per heavy atom. The second kappa shape index (κ2) is 6.17. The Labute approximate surface area is 110 Å². The first-order chi connectivity index (χ1) is 8.78. The number of piperidine rings is 1. The van der Waals surface area contributed by atoms with Gasteiger partial charge < -0.3 is 5.11 Å². The van der Waals surface area contributed by atoms with Crippen LogP contribution in [0.5, 0.6) is 0 Å². The van der Waals surface area contributed by atoms with Crippen molar-refractivity contribution in [1.82, 2.24) is 4.90 Å². The standard InChI is InChI=1S/C16H23NO/c1-2-9-16(14-18)10-6-11-17(13-16)12-15-7-4-3-5-8-15/h2-5,7-8,18H,1,6,9-14H2/t16-/m1/s1. The van der Waals surface area contributed by atoms with Gasteiger partial charge in [0.05, 0.1) is 6.61 Å². The molecule has 0 bridgehead atoms. The van der Waals surface area contributed by atoms with Gasteiger partial charge in [-0.1, -0.05) is 36.4 Å². The monoisotopic (exact) mass is 245 g/mol. The fourth-order valence-corrected chi connectivity index (χ4v) is 2.95. The molecule has 98 valence electrons. The van der Waals surface area contributed by atoms with Crippen molar-refractivity contribution in [3.05, 3.63) is 48.6 Å². The van der Waals surface area contributed by atoms with Crippen LogP contribution >= 0.6 is 0 Å². The van der Waals surface area contributed by atoms with Gasteiger partial charge in [0, 0.05) is 18.5 Å². The van der Waals surface area contributed by atoms with Crippen LogP contribution in [0.1, 0.15) is 24.8 Å². The van der Waals surface area contributed by atoms with E-state index in [0.717, 1.165) is 32.5 Å². The average molecular weight is 245 g/mol. The zero-order chi connectivity index (χ0) is 12.8. The summed E-state index contributed by atoms with van der Waals surface area (Å²) in [4.78, 5) is 2.46. The van der Waals surface area contributed by atoms with E-state index in [1.807, 2.05) is 6.08 Å². The number of aliphatic hydroxyl groups is 1. The van der Waals surface area contributed by atoms with Gasteiger partial charge in [-0.2, -0.15) is 0 Å². The normalized spacial score (nSPS) is 24.9. The van der Waals surface area contributed by atoms with Crippen LogP contribution < -0.4 is 0 Å². The molecule has 1 saturated heterocycles. The van der Waals surface area contributed by atoms with Crippen LogP contribution in [0, 0.1) is 5.41 Å². The van der Waals surface area contributed by atoms with Crippen LogP contribution in [-0.2, 0) is 6.54 Å². The minimum absolute atomic E-state index is 0.0365. The SMILES string of the molecule is C=CC[C@@]1(CO)CCCN(Cc2ccccc2)C1. The van der Waals surface area contributed by atoms with Gasteiger partial charge in [-0.05, 0) is 31.4 Å². The molecule has 1 fully saturated rings. The first kappa shape index (κ1) is 13.3. The minimum Gasteiger partial charge on any atom is -0.396 e. The highest BCUT2D eigenvalue weighted by molar-refractivity contribution is 5.14. The van der Waals surface area contributed by atoms with E-state index >= 15 is 0 Å². The van der Waals surface area contributed by atoms with E-state index in [4.69, 9.17) is 0 Å². The zero-order valence-corrected chi connectivity index (χ0v) is 11.0. The molecule has 1 N–H and O–H groups in total. The lowest BCUT2D eigenvalue weighted by Crippen LogP contribution is -2.44. The van der Waals surface area contributed by atoms with Crippen molar-refractivity contribution in [2.75, 3.05) is 19.7 Å². The average Bonchev–Trinajstić information content (AvgIpc) is 2.41. The second-order valence-electron chi connectivity index (χ2n) is 5.45. The van der Waals surface area contributed by atoms with Gasteiger partial charge in [-0.25, -0.2) is 0 Å². The molecule has 1 aromatic rings. The van der Waals surface area contributed by atoms with Gasteiger partial charge in [-0.3, -0.25) is 4.90 Å². The molecule has 0 saturated carbocycles. The molecule has 0 radical (unpaired) electrons. The summed E-state index contributed by atoms with van der Waals surface area (Å²) in [5, 5.41) is 9.68. The molecule has 0 amide bonds. The number of nitrogens with zero attached hydrogens (tertiary/aromatic N) is 1. The number of rotatable bonds is 5. The number of hydrogen-bond donors (Lipinski definition) is 1. The van der Waals surface area contributed by atoms with Gasteiger partial charge in [-0.15, -0.1) is 6.58 Å². The third-order valence-corrected chi connectivity index (χ3v) is 3.90. The molecule has 1 aliphatic heterocycles. The highest BCUT2D eigenvalue weighted by atomic mass is 16.3. The lowest BCUT2D eigenvalue weighted by atomic mass is 9.78. The Balaban J connectivity index is 2.00. The summed E-state index contributed by atoms with van der Waals surface area (Å²) in [5.74, 6) is 0. The Bertz CT molecular complexity index is 376. The summed E-state index contributed by atoms with van der Waals surface area (Å²) < 4.78 is 0. The molecule has 1 aromatic carbocycles. The molecule has 0 unspecified atom stereocenters. The largest absolute Gasteiger partial charge is 0.396 e. The van der Waals surface area contributed by atoms with E-state index in [1.54, 1.807) is 0 Å². The van der Waals surface area contributed by atoms with E-state index in [2.05, 4.69) is 41.8 Å². The molecule has 2 rings (SSSR count). The highest BCUT2D eigenvalue weighted by Gasteiger charge is 2.33. The van der Waals surface area contributed by atoms with Crippen LogP contribution in [0.3, 0.4) is 0 Å². The van der Waals surface area contributed by atoms with Crippen LogP contribution in [0.15, 0.2) is 43.0 Å². The fraction of sp³-hybridized carbons (Fsp3) is 0.500. The maximum Gasteiger partial charge on any atom is 0.0502 e. The zero-order valence-electron chi connectivity index (χ0n) is 11.0. The van der Waals surface area contributed by atoms with Crippen molar-refractivity contribution in [3.8, 4) is 0 Å². The van der Waals surface area contributed by atoms with E-state index in [1.165, 1.54) is 12.0 Å². The summed E-state index contributed by atoms with van der Waals surface area (Å²) in [6.07, 6.45) is 5.14. The van der Waals surface area contributed by atoms with Crippen molar-refractivity contribution in [3.63, 3.8) is 0 Å². The molecule has 2 heteroatoms. The van der Waals surface area contributed by atoms with Crippen LogP contribution in [0.4, 0.5) is 0 Å². The van der Waals surface area contributed by atoms with E-state index in [0.29, 0.717) is 0 Å². The third-order valence-electron chi connectivity index (χ3n) is 3.90. The second-order valence-corrected chi connectivity index (χ2v) is 5.45. The van der Waals surface area contributed by atoms with Gasteiger partial charge in [0.15, 0.2) is 0 Å². The molecule has 1 aliphatic rings. The van der Waals surface area contributed by atoms with Crippen molar-refractivity contribution in [2.45, 2.75) is 25.8 Å². The summed E-state index contributed by atoms with van der Waals surface area (Å²) in [7, 11) is 0. The van der Waals surface area contributed by atoms with E-state index in [9.17, 15) is 5.11 Å². The van der Waals surface area contributed by atoms with Crippen LogP contribution in [-0.4, -0.2) is 29.7 Å². The number of likely N-dealkylation sites (tertiary alicyclic amines) is 1. The third kappa shape index (κ3) is 3.21. The molecular formula is C16H23NO. The van der Waals surface area contributed by atoms with E-state index < -0.39 is 0 Å². The predicted molar refractivity (Wildman–Crippen MR) is 75.3 cm³/mol. The van der Waals surface area contributed by atoms with Crippen molar-refractivity contribution >= 4 is 0 Å². The predicted octanol–water partition coefficient (Wildman–Crippen LogP) is 2.84. The Morgan fingerprint density at radius 1 is 1.33 bits per heavy atom. The first-order valence-electron chi connectivity index (χ1n) is 6.76. The fourth-order valence-electron chi connectivity index (χ4n) is 2.95. The number of allylic oxidation sites excluding steroid dienone is 1.